The van der Waals surface area contributed by atoms with Gasteiger partial charge in [-0.15, -0.1) is 0 Å². The van der Waals surface area contributed by atoms with E-state index in [0.717, 1.165) is 5.56 Å². The first-order valence-electron chi connectivity index (χ1n) is 9.61. The SMILES string of the molecule is N[C@@H](Cc1ccccc1)C(=O)NCCCS(=O)(=O)N[C@@H](Cc1ccccc1)C(=O)O. The zero-order valence-corrected chi connectivity index (χ0v) is 17.3. The number of amides is 1. The molecule has 0 aliphatic heterocycles. The number of carbonyl (C=O) groups is 2. The minimum Gasteiger partial charge on any atom is -0.480 e. The molecule has 2 atom stereocenters. The molecule has 8 nitrogen and oxygen atoms in total. The van der Waals surface area contributed by atoms with E-state index in [2.05, 4.69) is 10.0 Å². The molecule has 2 aromatic carbocycles. The minimum atomic E-state index is -3.83. The van der Waals surface area contributed by atoms with Crippen molar-refractivity contribution < 1.29 is 23.1 Å². The van der Waals surface area contributed by atoms with Gasteiger partial charge in [0.05, 0.1) is 11.8 Å². The molecule has 162 valence electrons. The molecule has 2 rings (SSSR count). The van der Waals surface area contributed by atoms with Crippen LogP contribution in [0.3, 0.4) is 0 Å². The van der Waals surface area contributed by atoms with Gasteiger partial charge in [-0.3, -0.25) is 9.59 Å². The number of carbonyl (C=O) groups excluding carboxylic acids is 1. The Balaban J connectivity index is 1.76. The smallest absolute Gasteiger partial charge is 0.322 e. The first-order valence-corrected chi connectivity index (χ1v) is 11.3. The van der Waals surface area contributed by atoms with E-state index in [-0.39, 0.29) is 31.0 Å². The Morgan fingerprint density at radius 1 is 0.933 bits per heavy atom. The fourth-order valence-corrected chi connectivity index (χ4v) is 4.13. The first kappa shape index (κ1) is 23.5. The summed E-state index contributed by atoms with van der Waals surface area (Å²) in [5, 5.41) is 11.9. The van der Waals surface area contributed by atoms with Crippen LogP contribution in [0.15, 0.2) is 60.7 Å². The highest BCUT2D eigenvalue weighted by Crippen LogP contribution is 2.05. The Morgan fingerprint density at radius 3 is 2.00 bits per heavy atom. The number of benzene rings is 2. The van der Waals surface area contributed by atoms with Crippen LogP contribution < -0.4 is 15.8 Å². The van der Waals surface area contributed by atoms with Gasteiger partial charge in [0.15, 0.2) is 0 Å². The van der Waals surface area contributed by atoms with Crippen LogP contribution in [-0.2, 0) is 32.5 Å². The third kappa shape index (κ3) is 8.32. The fourth-order valence-electron chi connectivity index (χ4n) is 2.87. The number of hydrogen-bond donors (Lipinski definition) is 4. The molecular weight excluding hydrogens is 406 g/mol. The second kappa shape index (κ2) is 11.4. The molecule has 0 aliphatic carbocycles. The second-order valence-electron chi connectivity index (χ2n) is 6.96. The number of nitrogens with two attached hydrogens (primary N) is 1. The summed E-state index contributed by atoms with van der Waals surface area (Å²) in [6.45, 7) is 0.124. The maximum atomic E-state index is 12.2. The van der Waals surface area contributed by atoms with E-state index in [0.29, 0.717) is 12.0 Å². The molecule has 9 heteroatoms. The Kier molecular flexibility index (Phi) is 8.97. The topological polar surface area (TPSA) is 139 Å². The van der Waals surface area contributed by atoms with Gasteiger partial charge in [-0.1, -0.05) is 60.7 Å². The molecule has 0 spiro atoms. The number of carboxylic acids is 1. The van der Waals surface area contributed by atoms with E-state index >= 15 is 0 Å². The summed E-state index contributed by atoms with van der Waals surface area (Å²) in [4.78, 5) is 23.5. The lowest BCUT2D eigenvalue weighted by atomic mass is 10.1. The molecule has 0 heterocycles. The largest absolute Gasteiger partial charge is 0.480 e. The van der Waals surface area contributed by atoms with Gasteiger partial charge in [0, 0.05) is 6.54 Å². The van der Waals surface area contributed by atoms with Gasteiger partial charge in [0.1, 0.15) is 6.04 Å². The highest BCUT2D eigenvalue weighted by atomic mass is 32.2. The zero-order valence-electron chi connectivity index (χ0n) is 16.5. The first-order chi connectivity index (χ1) is 14.3. The summed E-state index contributed by atoms with van der Waals surface area (Å²) in [6.07, 6.45) is 0.559. The fraction of sp³-hybridized carbons (Fsp3) is 0.333. The number of rotatable bonds is 12. The van der Waals surface area contributed by atoms with Gasteiger partial charge in [-0.2, -0.15) is 0 Å². The molecular formula is C21H27N3O5S. The van der Waals surface area contributed by atoms with Crippen molar-refractivity contribution in [1.29, 1.82) is 0 Å². The van der Waals surface area contributed by atoms with Crippen molar-refractivity contribution >= 4 is 21.9 Å². The van der Waals surface area contributed by atoms with E-state index in [1.165, 1.54) is 0 Å². The van der Waals surface area contributed by atoms with Crippen LogP contribution in [0.1, 0.15) is 17.5 Å². The standard InChI is InChI=1S/C21H27N3O5S/c22-18(14-16-8-3-1-4-9-16)20(25)23-12-7-13-30(28,29)24-19(21(26)27)15-17-10-5-2-6-11-17/h1-6,8-11,18-19,24H,7,12-15,22H2,(H,23,25)(H,26,27)/t18-,19-/m0/s1. The van der Waals surface area contributed by atoms with Crippen molar-refractivity contribution in [3.63, 3.8) is 0 Å². The van der Waals surface area contributed by atoms with Crippen LogP contribution in [-0.4, -0.2) is 49.8 Å². The molecule has 0 aliphatic rings. The number of nitrogens with one attached hydrogen (secondary N) is 2. The Bertz CT molecular complexity index is 920. The maximum Gasteiger partial charge on any atom is 0.322 e. The molecule has 30 heavy (non-hydrogen) atoms. The monoisotopic (exact) mass is 433 g/mol. The van der Waals surface area contributed by atoms with Crippen LogP contribution in [0.4, 0.5) is 0 Å². The summed E-state index contributed by atoms with van der Waals surface area (Å²) in [7, 11) is -3.83. The van der Waals surface area contributed by atoms with Gasteiger partial charge in [0.2, 0.25) is 15.9 Å². The van der Waals surface area contributed by atoms with Gasteiger partial charge >= 0.3 is 5.97 Å². The van der Waals surface area contributed by atoms with E-state index in [9.17, 15) is 23.1 Å². The number of hydrogen-bond acceptors (Lipinski definition) is 5. The van der Waals surface area contributed by atoms with Crippen molar-refractivity contribution in [3.8, 4) is 0 Å². The average molecular weight is 434 g/mol. The molecule has 0 unspecified atom stereocenters. The van der Waals surface area contributed by atoms with Crippen LogP contribution in [0.25, 0.3) is 0 Å². The maximum absolute atomic E-state index is 12.2. The summed E-state index contributed by atoms with van der Waals surface area (Å²) in [6, 6.07) is 16.1. The Morgan fingerprint density at radius 2 is 1.47 bits per heavy atom. The van der Waals surface area contributed by atoms with Crippen molar-refractivity contribution in [3.05, 3.63) is 71.8 Å². The predicted molar refractivity (Wildman–Crippen MR) is 114 cm³/mol. The average Bonchev–Trinajstić information content (AvgIpc) is 2.72. The number of carboxylic acid groups (broad SMARTS) is 1. The van der Waals surface area contributed by atoms with Crippen molar-refractivity contribution in [1.82, 2.24) is 10.0 Å². The van der Waals surface area contributed by atoms with E-state index in [1.807, 2.05) is 30.3 Å². The van der Waals surface area contributed by atoms with Gasteiger partial charge in [0.25, 0.3) is 0 Å². The van der Waals surface area contributed by atoms with Crippen LogP contribution >= 0.6 is 0 Å². The van der Waals surface area contributed by atoms with Crippen LogP contribution in [0.2, 0.25) is 0 Å². The normalized spacial score (nSPS) is 13.4. The number of aliphatic carboxylic acids is 1. The molecule has 0 fully saturated rings. The summed E-state index contributed by atoms with van der Waals surface area (Å²) in [5.41, 5.74) is 7.53. The molecule has 5 N–H and O–H groups in total. The molecule has 0 saturated heterocycles. The van der Waals surface area contributed by atoms with Crippen LogP contribution in [0.5, 0.6) is 0 Å². The minimum absolute atomic E-state index is 0.0421. The van der Waals surface area contributed by atoms with Crippen molar-refractivity contribution in [2.45, 2.75) is 31.3 Å². The van der Waals surface area contributed by atoms with Crippen molar-refractivity contribution in [2.75, 3.05) is 12.3 Å². The van der Waals surface area contributed by atoms with Gasteiger partial charge < -0.3 is 16.2 Å². The summed E-state index contributed by atoms with van der Waals surface area (Å²) >= 11 is 0. The van der Waals surface area contributed by atoms with Gasteiger partial charge in [-0.05, 0) is 30.4 Å². The molecule has 0 bridgehead atoms. The molecule has 0 radical (unpaired) electrons. The Hall–Kier alpha value is -2.75. The Labute approximate surface area is 176 Å². The van der Waals surface area contributed by atoms with E-state index < -0.39 is 28.1 Å². The predicted octanol–water partition coefficient (Wildman–Crippen LogP) is 0.678. The summed E-state index contributed by atoms with van der Waals surface area (Å²) < 4.78 is 26.7. The number of sulfonamides is 1. The van der Waals surface area contributed by atoms with Gasteiger partial charge in [-0.25, -0.2) is 13.1 Å². The van der Waals surface area contributed by atoms with Crippen LogP contribution in [0, 0.1) is 0 Å². The lowest BCUT2D eigenvalue weighted by molar-refractivity contribution is -0.138. The van der Waals surface area contributed by atoms with E-state index in [4.69, 9.17) is 5.73 Å². The van der Waals surface area contributed by atoms with E-state index in [1.54, 1.807) is 30.3 Å². The molecule has 0 saturated carbocycles. The lowest BCUT2D eigenvalue weighted by Crippen LogP contribution is -2.44. The highest BCUT2D eigenvalue weighted by molar-refractivity contribution is 7.89. The highest BCUT2D eigenvalue weighted by Gasteiger charge is 2.24. The second-order valence-corrected chi connectivity index (χ2v) is 8.83. The molecule has 0 aromatic heterocycles. The summed E-state index contributed by atoms with van der Waals surface area (Å²) in [5.74, 6) is -1.92. The lowest BCUT2D eigenvalue weighted by Gasteiger charge is -2.15. The molecule has 1 amide bonds. The van der Waals surface area contributed by atoms with Crippen molar-refractivity contribution in [2.24, 2.45) is 5.73 Å². The third-order valence-corrected chi connectivity index (χ3v) is 5.90. The quantitative estimate of drug-likeness (QED) is 0.363. The molecule has 2 aromatic rings. The zero-order chi connectivity index (χ0) is 22.0. The third-order valence-electron chi connectivity index (χ3n) is 4.43.